The number of aliphatic hydroxyl groups is 3. The largest absolute Gasteiger partial charge is 0.462 e. The fourth-order valence-electron chi connectivity index (χ4n) is 13.6. The van der Waals surface area contributed by atoms with Gasteiger partial charge in [-0.3, -0.25) is 24.0 Å². The van der Waals surface area contributed by atoms with Gasteiger partial charge in [-0.15, -0.1) is 0 Å². The molecule has 498 valence electrons. The molecular formula is C70H111NO17. The van der Waals surface area contributed by atoms with Gasteiger partial charge in [0.1, 0.15) is 37.1 Å². The molecule has 5 rings (SSSR count). The van der Waals surface area contributed by atoms with E-state index < -0.39 is 126 Å². The Morgan fingerprint density at radius 3 is 1.68 bits per heavy atom. The van der Waals surface area contributed by atoms with E-state index in [2.05, 4.69) is 19.2 Å². The molecule has 2 saturated carbocycles. The average molecular weight is 1240 g/mol. The number of carbonyl (C=O) groups is 7. The number of amides is 1. The van der Waals surface area contributed by atoms with Crippen LogP contribution in [-0.2, 0) is 61.9 Å². The first kappa shape index (κ1) is 73.8. The first-order chi connectivity index (χ1) is 41.9. The van der Waals surface area contributed by atoms with E-state index >= 15 is 4.79 Å². The van der Waals surface area contributed by atoms with Crippen LogP contribution in [0.2, 0.25) is 0 Å². The summed E-state index contributed by atoms with van der Waals surface area (Å²) in [4.78, 5) is 97.0. The van der Waals surface area contributed by atoms with Gasteiger partial charge >= 0.3 is 35.9 Å². The number of unbranched alkanes of at least 4 members (excludes halogenated alkanes) is 20. The van der Waals surface area contributed by atoms with Crippen LogP contribution in [0.4, 0.5) is 4.79 Å². The normalized spacial score (nSPS) is 25.0. The van der Waals surface area contributed by atoms with Gasteiger partial charge in [0, 0.05) is 37.0 Å². The molecular weight excluding hydrogens is 1130 g/mol. The number of Topliss-reactive ketones (excluding diaryl/α,β-unsaturated/α-hetero) is 1. The smallest absolute Gasteiger partial charge is 0.408 e. The molecule has 2 bridgehead atoms. The van der Waals surface area contributed by atoms with Crippen LogP contribution in [0.15, 0.2) is 41.5 Å². The second-order valence-corrected chi connectivity index (χ2v) is 27.4. The summed E-state index contributed by atoms with van der Waals surface area (Å²) in [6.07, 6.45) is 15.7. The molecule has 3 aliphatic carbocycles. The van der Waals surface area contributed by atoms with Crippen LogP contribution in [0.25, 0.3) is 0 Å². The van der Waals surface area contributed by atoms with Crippen molar-refractivity contribution in [2.75, 3.05) is 19.8 Å². The summed E-state index contributed by atoms with van der Waals surface area (Å²) in [6, 6.07) is 6.76. The third-order valence-corrected chi connectivity index (χ3v) is 19.1. The summed E-state index contributed by atoms with van der Waals surface area (Å²) in [7, 11) is 0. The van der Waals surface area contributed by atoms with E-state index in [1.54, 1.807) is 78.8 Å². The zero-order valence-electron chi connectivity index (χ0n) is 55.0. The number of nitrogens with one attached hydrogen (secondary N) is 1. The van der Waals surface area contributed by atoms with Crippen LogP contribution >= 0.6 is 0 Å². The topological polar surface area (TPSA) is 257 Å². The molecule has 18 nitrogen and oxygen atoms in total. The first-order valence-corrected chi connectivity index (χ1v) is 33.8. The summed E-state index contributed by atoms with van der Waals surface area (Å²) >= 11 is 0. The standard InChI is InChI=1S/C70H111NO17/c1-10-12-14-16-18-20-22-24-26-28-33-37-56(73)83-45-50(85-58(75)38-34-29-27-25-23-21-19-17-15-13-11-2)46-84-57(74)39-40-59(76)87-63(61(49-35-31-30-32-36-49)71-66(80)88-67(4,5)6)65(79)86-54-44-70(81)42-41-52-51-47-82-53(51)43-55(72)69(52,9)64(78)62(77)60(48(54)3)68(70,7)8/h30-32,35-36,50-55,61-63,72,77,81H,10-29,33-34,37-47H2,1-9H3,(H,71,80)/t50?,51-,52?,53+,54-,55-,61-,62+,63+,69-,70-/m0/s1. The lowest BCUT2D eigenvalue weighted by Gasteiger charge is -2.56. The van der Waals surface area contributed by atoms with Crippen molar-refractivity contribution in [3.8, 4) is 0 Å². The fourth-order valence-corrected chi connectivity index (χ4v) is 13.6. The summed E-state index contributed by atoms with van der Waals surface area (Å²) in [5, 5.41) is 39.4. The lowest BCUT2D eigenvalue weighted by atomic mass is 9.55. The van der Waals surface area contributed by atoms with Crippen molar-refractivity contribution in [2.24, 2.45) is 22.7 Å². The molecule has 1 heterocycles. The average Bonchev–Trinajstić information content (AvgIpc) is 1.50. The molecule has 1 amide bonds. The highest BCUT2D eigenvalue weighted by Gasteiger charge is 2.64. The molecule has 0 radical (unpaired) electrons. The Kier molecular flexibility index (Phi) is 30.4. The number of hydrogen-bond donors (Lipinski definition) is 4. The third kappa shape index (κ3) is 21.9. The number of benzene rings is 1. The zero-order chi connectivity index (χ0) is 64.5. The van der Waals surface area contributed by atoms with Gasteiger partial charge in [0.15, 0.2) is 11.9 Å². The van der Waals surface area contributed by atoms with Crippen molar-refractivity contribution in [2.45, 2.75) is 309 Å². The number of rotatable bonds is 38. The Labute approximate surface area is 525 Å². The molecule has 88 heavy (non-hydrogen) atoms. The highest BCUT2D eigenvalue weighted by molar-refractivity contribution is 5.93. The molecule has 4 N–H and O–H groups in total. The van der Waals surface area contributed by atoms with Crippen molar-refractivity contribution in [1.29, 1.82) is 0 Å². The molecule has 18 heteroatoms. The monoisotopic (exact) mass is 1240 g/mol. The maximum atomic E-state index is 15.0. The van der Waals surface area contributed by atoms with Gasteiger partial charge in [0.25, 0.3) is 0 Å². The zero-order valence-corrected chi connectivity index (χ0v) is 55.0. The van der Waals surface area contributed by atoms with E-state index in [1.165, 1.54) is 83.5 Å². The van der Waals surface area contributed by atoms with Crippen molar-refractivity contribution in [3.63, 3.8) is 0 Å². The molecule has 2 unspecified atom stereocenters. The van der Waals surface area contributed by atoms with Crippen molar-refractivity contribution < 1.29 is 82.0 Å². The summed E-state index contributed by atoms with van der Waals surface area (Å²) in [5.41, 5.74) is -4.57. The number of carbonyl (C=O) groups excluding carboxylic acids is 7. The lowest BCUT2D eigenvalue weighted by molar-refractivity contribution is -0.226. The van der Waals surface area contributed by atoms with Gasteiger partial charge in [-0.1, -0.05) is 186 Å². The van der Waals surface area contributed by atoms with Crippen LogP contribution < -0.4 is 5.32 Å². The number of ether oxygens (including phenoxy) is 7. The van der Waals surface area contributed by atoms with E-state index in [0.29, 0.717) is 31.4 Å². The Hall–Kier alpha value is -4.91. The maximum absolute atomic E-state index is 15.0. The van der Waals surface area contributed by atoms with E-state index in [1.807, 2.05) is 0 Å². The molecule has 11 atom stereocenters. The molecule has 0 spiro atoms. The van der Waals surface area contributed by atoms with Crippen molar-refractivity contribution in [3.05, 3.63) is 47.0 Å². The minimum Gasteiger partial charge on any atom is -0.462 e. The molecule has 1 aliphatic heterocycles. The van der Waals surface area contributed by atoms with Gasteiger partial charge in [-0.05, 0) is 82.9 Å². The number of hydrogen-bond acceptors (Lipinski definition) is 17. The predicted molar refractivity (Wildman–Crippen MR) is 333 cm³/mol. The van der Waals surface area contributed by atoms with Crippen LogP contribution in [0.1, 0.15) is 267 Å². The minimum atomic E-state index is -1.95. The van der Waals surface area contributed by atoms with Gasteiger partial charge in [0.05, 0.1) is 42.7 Å². The molecule has 3 fully saturated rings. The number of esters is 5. The van der Waals surface area contributed by atoms with Gasteiger partial charge in [-0.25, -0.2) is 9.59 Å². The van der Waals surface area contributed by atoms with Gasteiger partial charge in [0.2, 0.25) is 6.10 Å². The number of ketones is 1. The van der Waals surface area contributed by atoms with E-state index in [-0.39, 0.29) is 61.9 Å². The SMILES string of the molecule is CCCCCCCCCCCCCC(=O)OCC(COC(=O)CCC(=O)O[C@@H](C(=O)O[C@H]1C[C@@]2(O)CCC3[C@@H]4CO[C@@H]4C[C@H](O)[C@@]3(C)C(=O)[C@H](O)C(=C1C)C2(C)C)[C@@H](NC(=O)OC(C)(C)C)c1ccccc1)OC(=O)CCCCCCCCCCCCC. The Balaban J connectivity index is 1.27. The van der Waals surface area contributed by atoms with Crippen LogP contribution in [-0.4, -0.2) is 125 Å². The molecule has 4 aliphatic rings. The molecule has 1 aromatic rings. The molecule has 1 aromatic carbocycles. The first-order valence-electron chi connectivity index (χ1n) is 33.8. The molecule has 0 aromatic heterocycles. The number of fused-ring (bicyclic) bond motifs is 5. The Bertz CT molecular complexity index is 2400. The van der Waals surface area contributed by atoms with Crippen molar-refractivity contribution in [1.82, 2.24) is 5.32 Å². The van der Waals surface area contributed by atoms with Gasteiger partial charge < -0.3 is 53.8 Å². The van der Waals surface area contributed by atoms with Crippen molar-refractivity contribution >= 4 is 41.7 Å². The molecule has 1 saturated heterocycles. The summed E-state index contributed by atoms with van der Waals surface area (Å²) < 4.78 is 40.4. The number of aliphatic hydroxyl groups excluding tert-OH is 2. The fraction of sp³-hybridized carbons (Fsp3) is 0.786. The highest BCUT2D eigenvalue weighted by Crippen LogP contribution is 2.59. The van der Waals surface area contributed by atoms with Crippen LogP contribution in [0, 0.1) is 22.7 Å². The van der Waals surface area contributed by atoms with E-state index in [0.717, 1.165) is 44.9 Å². The Morgan fingerprint density at radius 2 is 1.17 bits per heavy atom. The minimum absolute atomic E-state index is 0.0804. The summed E-state index contributed by atoms with van der Waals surface area (Å²) in [5.74, 6) is -5.21. The van der Waals surface area contributed by atoms with E-state index in [9.17, 15) is 44.1 Å². The lowest BCUT2D eigenvalue weighted by Crippen LogP contribution is -2.63. The third-order valence-electron chi connectivity index (χ3n) is 19.1. The quantitative estimate of drug-likeness (QED) is 0.0208. The second-order valence-electron chi connectivity index (χ2n) is 27.4. The Morgan fingerprint density at radius 1 is 0.682 bits per heavy atom. The van der Waals surface area contributed by atoms with E-state index in [4.69, 9.17) is 33.2 Å². The summed E-state index contributed by atoms with van der Waals surface area (Å²) in [6.45, 7) is 15.7. The number of alkyl carbamates (subject to hydrolysis) is 1. The highest BCUT2D eigenvalue weighted by atomic mass is 16.6. The van der Waals surface area contributed by atoms with Crippen LogP contribution in [0.5, 0.6) is 0 Å². The van der Waals surface area contributed by atoms with Gasteiger partial charge in [-0.2, -0.15) is 0 Å². The van der Waals surface area contributed by atoms with Crippen LogP contribution in [0.3, 0.4) is 0 Å². The maximum Gasteiger partial charge on any atom is 0.408 e. The second kappa shape index (κ2) is 36.2. The predicted octanol–water partition coefficient (Wildman–Crippen LogP) is 12.9.